The summed E-state index contributed by atoms with van der Waals surface area (Å²) in [5, 5.41) is 9.04. The van der Waals surface area contributed by atoms with Crippen molar-refractivity contribution in [2.24, 2.45) is 0 Å². The summed E-state index contributed by atoms with van der Waals surface area (Å²) in [5.41, 5.74) is 2.81. The standard InChI is InChI=1S/C15H18N2O3/c1-10(2)9-16(3)15(20)17-7-6-11-4-5-12(14(18)19)8-13(11)17/h4-5,8H,1,6-7,9H2,2-3H3,(H,18,19). The summed E-state index contributed by atoms with van der Waals surface area (Å²) in [6, 6.07) is 4.80. The number of urea groups is 1. The van der Waals surface area contributed by atoms with Crippen LogP contribution in [0.5, 0.6) is 0 Å². The Morgan fingerprint density at radius 2 is 2.15 bits per heavy atom. The molecule has 0 saturated heterocycles. The average Bonchev–Trinajstić information content (AvgIpc) is 2.79. The molecular weight excluding hydrogens is 256 g/mol. The molecule has 0 aliphatic carbocycles. The van der Waals surface area contributed by atoms with Crippen LogP contribution in [-0.2, 0) is 6.42 Å². The SMILES string of the molecule is C=C(C)CN(C)C(=O)N1CCc2ccc(C(=O)O)cc21. The number of rotatable bonds is 3. The van der Waals surface area contributed by atoms with Crippen LogP contribution in [0.4, 0.5) is 10.5 Å². The summed E-state index contributed by atoms with van der Waals surface area (Å²) in [6.07, 6.45) is 0.752. The van der Waals surface area contributed by atoms with E-state index in [2.05, 4.69) is 6.58 Å². The lowest BCUT2D eigenvalue weighted by Crippen LogP contribution is -2.41. The summed E-state index contributed by atoms with van der Waals surface area (Å²) in [6.45, 7) is 6.73. The second kappa shape index (κ2) is 5.36. The van der Waals surface area contributed by atoms with Gasteiger partial charge < -0.3 is 10.0 Å². The van der Waals surface area contributed by atoms with Crippen LogP contribution < -0.4 is 4.90 Å². The molecule has 1 N–H and O–H groups in total. The van der Waals surface area contributed by atoms with Crippen LogP contribution in [0.2, 0.25) is 0 Å². The maximum absolute atomic E-state index is 12.4. The number of amides is 2. The molecule has 0 unspecified atom stereocenters. The molecule has 0 aromatic heterocycles. The Balaban J connectivity index is 2.26. The summed E-state index contributed by atoms with van der Waals surface area (Å²) in [7, 11) is 1.72. The molecule has 106 valence electrons. The monoisotopic (exact) mass is 274 g/mol. The summed E-state index contributed by atoms with van der Waals surface area (Å²) < 4.78 is 0. The molecular formula is C15H18N2O3. The van der Waals surface area contributed by atoms with Crippen LogP contribution in [0.3, 0.4) is 0 Å². The molecule has 0 spiro atoms. The molecule has 1 heterocycles. The van der Waals surface area contributed by atoms with Crippen LogP contribution in [0, 0.1) is 0 Å². The molecule has 1 aliphatic heterocycles. The van der Waals surface area contributed by atoms with E-state index in [1.165, 1.54) is 0 Å². The first-order chi connectivity index (χ1) is 9.40. The molecule has 20 heavy (non-hydrogen) atoms. The van der Waals surface area contributed by atoms with E-state index in [0.29, 0.717) is 18.8 Å². The lowest BCUT2D eigenvalue weighted by atomic mass is 10.1. The summed E-state index contributed by atoms with van der Waals surface area (Å²) in [4.78, 5) is 26.6. The third-order valence-corrected chi connectivity index (χ3v) is 3.29. The Bertz CT molecular complexity index is 580. The van der Waals surface area contributed by atoms with E-state index in [-0.39, 0.29) is 11.6 Å². The quantitative estimate of drug-likeness (QED) is 0.861. The fourth-order valence-electron chi connectivity index (χ4n) is 2.39. The van der Waals surface area contributed by atoms with E-state index in [1.54, 1.807) is 35.0 Å². The van der Waals surface area contributed by atoms with Crippen molar-refractivity contribution in [3.8, 4) is 0 Å². The highest BCUT2D eigenvalue weighted by molar-refractivity contribution is 5.97. The highest BCUT2D eigenvalue weighted by Gasteiger charge is 2.27. The number of carbonyl (C=O) groups is 2. The molecule has 2 rings (SSSR count). The number of carboxylic acid groups (broad SMARTS) is 1. The number of benzene rings is 1. The number of nitrogens with zero attached hydrogens (tertiary/aromatic N) is 2. The second-order valence-electron chi connectivity index (χ2n) is 5.15. The topological polar surface area (TPSA) is 60.9 Å². The van der Waals surface area contributed by atoms with Crippen molar-refractivity contribution in [2.75, 3.05) is 25.0 Å². The Hall–Kier alpha value is -2.30. The summed E-state index contributed by atoms with van der Waals surface area (Å²) >= 11 is 0. The van der Waals surface area contributed by atoms with Crippen LogP contribution in [-0.4, -0.2) is 42.1 Å². The van der Waals surface area contributed by atoms with Gasteiger partial charge in [0.25, 0.3) is 0 Å². The highest BCUT2D eigenvalue weighted by atomic mass is 16.4. The lowest BCUT2D eigenvalue weighted by molar-refractivity contribution is 0.0697. The van der Waals surface area contributed by atoms with Crippen molar-refractivity contribution in [1.82, 2.24) is 4.90 Å². The van der Waals surface area contributed by atoms with Gasteiger partial charge in [0.05, 0.1) is 5.56 Å². The first kappa shape index (κ1) is 14.1. The zero-order valence-corrected chi connectivity index (χ0v) is 11.7. The van der Waals surface area contributed by atoms with E-state index < -0.39 is 5.97 Å². The van der Waals surface area contributed by atoms with Gasteiger partial charge in [-0.05, 0) is 31.0 Å². The van der Waals surface area contributed by atoms with Gasteiger partial charge in [0, 0.05) is 25.8 Å². The van der Waals surface area contributed by atoms with Gasteiger partial charge in [0.2, 0.25) is 0 Å². The number of hydrogen-bond acceptors (Lipinski definition) is 2. The van der Waals surface area contributed by atoms with Gasteiger partial charge in [-0.1, -0.05) is 18.2 Å². The van der Waals surface area contributed by atoms with Gasteiger partial charge >= 0.3 is 12.0 Å². The number of likely N-dealkylation sites (N-methyl/N-ethyl adjacent to an activating group) is 1. The van der Waals surface area contributed by atoms with Crippen molar-refractivity contribution in [3.63, 3.8) is 0 Å². The molecule has 5 nitrogen and oxygen atoms in total. The maximum atomic E-state index is 12.4. The van der Waals surface area contributed by atoms with Gasteiger partial charge in [0.15, 0.2) is 0 Å². The van der Waals surface area contributed by atoms with Crippen molar-refractivity contribution < 1.29 is 14.7 Å². The Morgan fingerprint density at radius 1 is 1.45 bits per heavy atom. The molecule has 5 heteroatoms. The molecule has 1 aromatic carbocycles. The van der Waals surface area contributed by atoms with E-state index in [0.717, 1.165) is 17.6 Å². The van der Waals surface area contributed by atoms with Crippen molar-refractivity contribution in [2.45, 2.75) is 13.3 Å². The number of hydrogen-bond donors (Lipinski definition) is 1. The predicted octanol–water partition coefficient (Wildman–Crippen LogP) is 2.38. The smallest absolute Gasteiger partial charge is 0.335 e. The summed E-state index contributed by atoms with van der Waals surface area (Å²) in [5.74, 6) is -0.984. The number of aromatic carboxylic acids is 1. The number of anilines is 1. The number of carbonyl (C=O) groups excluding carboxylic acids is 1. The predicted molar refractivity (Wildman–Crippen MR) is 77.3 cm³/mol. The molecule has 0 radical (unpaired) electrons. The fraction of sp³-hybridized carbons (Fsp3) is 0.333. The van der Waals surface area contributed by atoms with Crippen LogP contribution in [0.15, 0.2) is 30.4 Å². The first-order valence-electron chi connectivity index (χ1n) is 6.43. The number of carboxylic acids is 1. The average molecular weight is 274 g/mol. The molecule has 0 atom stereocenters. The van der Waals surface area contributed by atoms with Gasteiger partial charge in [-0.3, -0.25) is 4.90 Å². The van der Waals surface area contributed by atoms with Gasteiger partial charge in [-0.15, -0.1) is 0 Å². The van der Waals surface area contributed by atoms with Gasteiger partial charge in [-0.25, -0.2) is 9.59 Å². The Labute approximate surface area is 118 Å². The van der Waals surface area contributed by atoms with Crippen LogP contribution >= 0.6 is 0 Å². The molecule has 1 aromatic rings. The second-order valence-corrected chi connectivity index (χ2v) is 5.15. The fourth-order valence-corrected chi connectivity index (χ4v) is 2.39. The number of fused-ring (bicyclic) bond motifs is 1. The third-order valence-electron chi connectivity index (χ3n) is 3.29. The molecule has 2 amide bonds. The zero-order chi connectivity index (χ0) is 14.9. The van der Waals surface area contributed by atoms with Crippen molar-refractivity contribution in [1.29, 1.82) is 0 Å². The Kier molecular flexibility index (Phi) is 3.79. The first-order valence-corrected chi connectivity index (χ1v) is 6.43. The lowest BCUT2D eigenvalue weighted by Gasteiger charge is -2.25. The van der Waals surface area contributed by atoms with Crippen LogP contribution in [0.1, 0.15) is 22.8 Å². The minimum atomic E-state index is -0.984. The Morgan fingerprint density at radius 3 is 2.75 bits per heavy atom. The van der Waals surface area contributed by atoms with Crippen LogP contribution in [0.25, 0.3) is 0 Å². The van der Waals surface area contributed by atoms with Gasteiger partial charge in [-0.2, -0.15) is 0 Å². The normalized spacial score (nSPS) is 13.0. The molecule has 1 aliphatic rings. The van der Waals surface area contributed by atoms with E-state index in [4.69, 9.17) is 5.11 Å². The van der Waals surface area contributed by atoms with E-state index in [9.17, 15) is 9.59 Å². The molecule has 0 saturated carbocycles. The van der Waals surface area contributed by atoms with Crippen molar-refractivity contribution >= 4 is 17.7 Å². The zero-order valence-electron chi connectivity index (χ0n) is 11.7. The van der Waals surface area contributed by atoms with Gasteiger partial charge in [0.1, 0.15) is 0 Å². The maximum Gasteiger partial charge on any atom is 0.335 e. The minimum Gasteiger partial charge on any atom is -0.478 e. The molecule has 0 bridgehead atoms. The minimum absolute atomic E-state index is 0.130. The van der Waals surface area contributed by atoms with Crippen molar-refractivity contribution in [3.05, 3.63) is 41.5 Å². The van der Waals surface area contributed by atoms with E-state index in [1.807, 2.05) is 6.92 Å². The molecule has 0 fully saturated rings. The largest absolute Gasteiger partial charge is 0.478 e. The third kappa shape index (κ3) is 2.66. The van der Waals surface area contributed by atoms with E-state index >= 15 is 0 Å². The highest BCUT2D eigenvalue weighted by Crippen LogP contribution is 2.30.